The van der Waals surface area contributed by atoms with Gasteiger partial charge in [0, 0.05) is 30.7 Å². The normalized spacial score (nSPS) is 12.9. The summed E-state index contributed by atoms with van der Waals surface area (Å²) in [4.78, 5) is 23.0. The average molecular weight is 382 g/mol. The molecule has 4 N–H and O–H groups in total. The zero-order chi connectivity index (χ0) is 17.4. The van der Waals surface area contributed by atoms with E-state index in [0.717, 1.165) is 0 Å². The summed E-state index contributed by atoms with van der Waals surface area (Å²) in [6.07, 6.45) is -1.54. The van der Waals surface area contributed by atoms with Gasteiger partial charge in [-0.25, -0.2) is 4.18 Å². The molecule has 0 heterocycles. The molecule has 0 fully saturated rings. The van der Waals surface area contributed by atoms with Gasteiger partial charge in [0.15, 0.2) is 0 Å². The summed E-state index contributed by atoms with van der Waals surface area (Å²) in [5.41, 5.74) is -1.26. The summed E-state index contributed by atoms with van der Waals surface area (Å²) in [6.45, 7) is 2.63. The second-order valence-corrected chi connectivity index (χ2v) is 6.73. The Balaban J connectivity index is 0. The fourth-order valence-electron chi connectivity index (χ4n) is 1.34. The van der Waals surface area contributed by atoms with Gasteiger partial charge in [-0.3, -0.25) is 14.1 Å². The molecule has 0 aliphatic carbocycles. The number of amides is 2. The number of aliphatic hydroxyl groups excluding tert-OH is 1. The molecular formula is C11H23N2NaO7S2. The van der Waals surface area contributed by atoms with E-state index >= 15 is 0 Å². The van der Waals surface area contributed by atoms with Gasteiger partial charge in [0.05, 0.1) is 6.61 Å². The maximum atomic E-state index is 11.7. The molecule has 0 aromatic carbocycles. The number of hydrogen-bond acceptors (Lipinski definition) is 7. The third-order valence-electron chi connectivity index (χ3n) is 2.65. The summed E-state index contributed by atoms with van der Waals surface area (Å²) in [7, 11) is -4.66. The van der Waals surface area contributed by atoms with E-state index in [-0.39, 0.29) is 48.4 Å². The standard InChI is InChI=1S/C11H22N2O7S2.Na.H/c1-11(2,7-20-22(17,18)19)9(15)10(16)13-4-3-8(14)12-5-6-21;;/h9,15,21H,3-7H2,1-2H3,(H,12,14)(H,13,16)(H,17,18,19);;. The van der Waals surface area contributed by atoms with Gasteiger partial charge in [0.1, 0.15) is 6.10 Å². The van der Waals surface area contributed by atoms with Crippen LogP contribution in [-0.4, -0.2) is 91.0 Å². The quantitative estimate of drug-likeness (QED) is 0.169. The van der Waals surface area contributed by atoms with Crippen molar-refractivity contribution in [3.8, 4) is 0 Å². The van der Waals surface area contributed by atoms with E-state index in [1.807, 2.05) is 0 Å². The fraction of sp³-hybridized carbons (Fsp3) is 0.818. The van der Waals surface area contributed by atoms with Gasteiger partial charge in [-0.1, -0.05) is 13.8 Å². The van der Waals surface area contributed by atoms with Crippen molar-refractivity contribution in [3.63, 3.8) is 0 Å². The molecule has 132 valence electrons. The number of aliphatic hydroxyl groups is 1. The van der Waals surface area contributed by atoms with Crippen molar-refractivity contribution in [3.05, 3.63) is 0 Å². The Bertz CT molecular complexity index is 485. The zero-order valence-electron chi connectivity index (χ0n) is 12.4. The Morgan fingerprint density at radius 1 is 1.26 bits per heavy atom. The number of thiol groups is 1. The summed E-state index contributed by atoms with van der Waals surface area (Å²) >= 11 is 3.93. The van der Waals surface area contributed by atoms with Crippen molar-refractivity contribution in [1.29, 1.82) is 0 Å². The van der Waals surface area contributed by atoms with Crippen LogP contribution in [0.3, 0.4) is 0 Å². The van der Waals surface area contributed by atoms with Crippen LogP contribution in [0.1, 0.15) is 20.3 Å². The first-order chi connectivity index (χ1) is 9.99. The average Bonchev–Trinajstić information content (AvgIpc) is 2.41. The van der Waals surface area contributed by atoms with Crippen LogP contribution in [0, 0.1) is 5.41 Å². The Morgan fingerprint density at radius 3 is 2.30 bits per heavy atom. The van der Waals surface area contributed by atoms with Crippen molar-refractivity contribution < 1.29 is 31.8 Å². The van der Waals surface area contributed by atoms with Crippen molar-refractivity contribution in [2.24, 2.45) is 5.41 Å². The SMILES string of the molecule is CC(C)(COS(=O)(=O)O)C(O)C(=O)NCCC(=O)NCCS.[NaH]. The van der Waals surface area contributed by atoms with Gasteiger partial charge in [0.2, 0.25) is 11.8 Å². The molecule has 0 aromatic rings. The van der Waals surface area contributed by atoms with Crippen LogP contribution in [0.25, 0.3) is 0 Å². The molecule has 0 aliphatic heterocycles. The van der Waals surface area contributed by atoms with Gasteiger partial charge >= 0.3 is 40.0 Å². The first-order valence-electron chi connectivity index (χ1n) is 6.45. The number of rotatable bonds is 10. The van der Waals surface area contributed by atoms with Crippen LogP contribution >= 0.6 is 12.6 Å². The predicted octanol–water partition coefficient (Wildman–Crippen LogP) is -1.90. The Morgan fingerprint density at radius 2 is 1.83 bits per heavy atom. The number of nitrogens with one attached hydrogen (secondary N) is 2. The van der Waals surface area contributed by atoms with Crippen LogP contribution in [0.4, 0.5) is 0 Å². The topological polar surface area (TPSA) is 142 Å². The molecule has 0 radical (unpaired) electrons. The van der Waals surface area contributed by atoms with Gasteiger partial charge < -0.3 is 15.7 Å². The van der Waals surface area contributed by atoms with Crippen LogP contribution < -0.4 is 10.6 Å². The molecule has 0 aromatic heterocycles. The van der Waals surface area contributed by atoms with E-state index in [0.29, 0.717) is 12.3 Å². The molecule has 1 atom stereocenters. The molecule has 9 nitrogen and oxygen atoms in total. The summed E-state index contributed by atoms with van der Waals surface area (Å²) in [6, 6.07) is 0. The summed E-state index contributed by atoms with van der Waals surface area (Å²) in [5.74, 6) is -0.539. The van der Waals surface area contributed by atoms with E-state index in [1.54, 1.807) is 0 Å². The van der Waals surface area contributed by atoms with E-state index < -0.39 is 34.4 Å². The van der Waals surface area contributed by atoms with Crippen LogP contribution in [-0.2, 0) is 24.2 Å². The summed E-state index contributed by atoms with van der Waals surface area (Å²) < 4.78 is 33.7. The third kappa shape index (κ3) is 12.2. The number of carbonyl (C=O) groups is 2. The van der Waals surface area contributed by atoms with E-state index in [2.05, 4.69) is 27.4 Å². The van der Waals surface area contributed by atoms with Crippen molar-refractivity contribution in [2.45, 2.75) is 26.4 Å². The van der Waals surface area contributed by atoms with Gasteiger partial charge in [-0.05, 0) is 0 Å². The predicted molar refractivity (Wildman–Crippen MR) is 88.9 cm³/mol. The summed E-state index contributed by atoms with van der Waals surface area (Å²) in [5, 5.41) is 14.8. The second-order valence-electron chi connectivity index (χ2n) is 5.20. The van der Waals surface area contributed by atoms with Crippen molar-refractivity contribution >= 4 is 64.4 Å². The molecule has 0 saturated heterocycles. The molecule has 2 amide bonds. The molecule has 0 saturated carbocycles. The van der Waals surface area contributed by atoms with Crippen LogP contribution in [0.2, 0.25) is 0 Å². The van der Waals surface area contributed by atoms with Crippen LogP contribution in [0.5, 0.6) is 0 Å². The van der Waals surface area contributed by atoms with Gasteiger partial charge in [-0.2, -0.15) is 21.0 Å². The van der Waals surface area contributed by atoms with Gasteiger partial charge in [0.25, 0.3) is 0 Å². The Kier molecular flexibility index (Phi) is 12.8. The van der Waals surface area contributed by atoms with E-state index in [4.69, 9.17) is 4.55 Å². The van der Waals surface area contributed by atoms with Crippen LogP contribution in [0.15, 0.2) is 0 Å². The van der Waals surface area contributed by atoms with E-state index in [1.165, 1.54) is 13.8 Å². The molecule has 23 heavy (non-hydrogen) atoms. The van der Waals surface area contributed by atoms with E-state index in [9.17, 15) is 23.1 Å². The number of carbonyl (C=O) groups excluding carboxylic acids is 2. The fourth-order valence-corrected chi connectivity index (χ4v) is 1.90. The molecular weight excluding hydrogens is 359 g/mol. The van der Waals surface area contributed by atoms with Gasteiger partial charge in [-0.15, -0.1) is 0 Å². The molecule has 12 heteroatoms. The minimum absolute atomic E-state index is 0. The minimum atomic E-state index is -4.66. The first kappa shape index (κ1) is 25.4. The van der Waals surface area contributed by atoms with Crippen molar-refractivity contribution in [2.75, 3.05) is 25.4 Å². The maximum absolute atomic E-state index is 11.7. The third-order valence-corrected chi connectivity index (χ3v) is 3.29. The van der Waals surface area contributed by atoms with Crippen molar-refractivity contribution in [1.82, 2.24) is 10.6 Å². The number of hydrogen-bond donors (Lipinski definition) is 5. The second kappa shape index (κ2) is 11.6. The Labute approximate surface area is 163 Å². The first-order valence-corrected chi connectivity index (χ1v) is 8.44. The monoisotopic (exact) mass is 382 g/mol. The molecule has 0 spiro atoms. The molecule has 0 aliphatic rings. The molecule has 0 rings (SSSR count). The Hall–Kier alpha value is 0.120. The molecule has 0 bridgehead atoms. The molecule has 1 unspecified atom stereocenters. The zero-order valence-corrected chi connectivity index (χ0v) is 14.1.